The zero-order valence-electron chi connectivity index (χ0n) is 25.6. The average Bonchev–Trinajstić information content (AvgIpc) is 3.06. The Morgan fingerprint density at radius 2 is 1.82 bits per heavy atom. The van der Waals surface area contributed by atoms with Gasteiger partial charge in [0.15, 0.2) is 0 Å². The summed E-state index contributed by atoms with van der Waals surface area (Å²) < 4.78 is 43.4. The van der Waals surface area contributed by atoms with E-state index in [1.807, 2.05) is 30.3 Å². The number of pyridine rings is 1. The van der Waals surface area contributed by atoms with Crippen molar-refractivity contribution in [3.05, 3.63) is 65.9 Å². The van der Waals surface area contributed by atoms with Crippen LogP contribution in [0.2, 0.25) is 0 Å². The van der Waals surface area contributed by atoms with Crippen LogP contribution in [0.5, 0.6) is 5.75 Å². The molecule has 3 heterocycles. The zero-order valence-corrected chi connectivity index (χ0v) is 26.4. The van der Waals surface area contributed by atoms with Crippen molar-refractivity contribution in [3.63, 3.8) is 0 Å². The Labute approximate surface area is 263 Å². The molecule has 0 saturated carbocycles. The van der Waals surface area contributed by atoms with Crippen LogP contribution in [0.3, 0.4) is 0 Å². The van der Waals surface area contributed by atoms with Crippen LogP contribution in [-0.2, 0) is 6.18 Å². The molecule has 0 amide bonds. The first-order valence-corrected chi connectivity index (χ1v) is 16.7. The van der Waals surface area contributed by atoms with Crippen LogP contribution in [0, 0.1) is 11.8 Å². The molecule has 2 aliphatic heterocycles. The highest BCUT2D eigenvalue weighted by molar-refractivity contribution is 7.99. The van der Waals surface area contributed by atoms with Gasteiger partial charge in [-0.3, -0.25) is 4.98 Å². The fourth-order valence-electron chi connectivity index (χ4n) is 5.92. The lowest BCUT2D eigenvalue weighted by Crippen LogP contribution is -2.42. The van der Waals surface area contributed by atoms with Crippen molar-refractivity contribution < 1.29 is 28.1 Å². The molecule has 0 bridgehead atoms. The van der Waals surface area contributed by atoms with E-state index in [1.165, 1.54) is 44.5 Å². The van der Waals surface area contributed by atoms with Gasteiger partial charge >= 0.3 is 6.18 Å². The topological polar surface area (TPSA) is 77.8 Å². The van der Waals surface area contributed by atoms with Crippen molar-refractivity contribution in [2.24, 2.45) is 11.8 Å². The molecule has 2 fully saturated rings. The molecule has 0 aliphatic carbocycles. The van der Waals surface area contributed by atoms with Crippen molar-refractivity contribution in [1.82, 2.24) is 15.2 Å². The Bertz CT molecular complexity index is 1260. The van der Waals surface area contributed by atoms with Crippen molar-refractivity contribution in [3.8, 4) is 5.75 Å². The van der Waals surface area contributed by atoms with Gasteiger partial charge in [0.2, 0.25) is 0 Å². The minimum atomic E-state index is -4.31. The van der Waals surface area contributed by atoms with Crippen molar-refractivity contribution in [2.75, 3.05) is 52.2 Å². The highest BCUT2D eigenvalue weighted by Gasteiger charge is 2.30. The van der Waals surface area contributed by atoms with Crippen LogP contribution in [0.4, 0.5) is 13.2 Å². The van der Waals surface area contributed by atoms with E-state index in [9.17, 15) is 23.4 Å². The number of benzene rings is 2. The number of fused-ring (bicyclic) bond motifs is 1. The van der Waals surface area contributed by atoms with E-state index in [0.29, 0.717) is 18.0 Å². The molecule has 6 nitrogen and oxygen atoms in total. The molecule has 5 rings (SSSR count). The molecular weight excluding hydrogens is 587 g/mol. The fraction of sp³-hybridized carbons (Fsp3) is 0.559. The highest BCUT2D eigenvalue weighted by atomic mass is 32.2. The van der Waals surface area contributed by atoms with Gasteiger partial charge in [0, 0.05) is 23.4 Å². The smallest absolute Gasteiger partial charge is 0.416 e. The molecule has 3 atom stereocenters. The molecule has 3 N–H and O–H groups in total. The average molecular weight is 634 g/mol. The number of aromatic nitrogens is 1. The maximum absolute atomic E-state index is 12.7. The van der Waals surface area contributed by atoms with Gasteiger partial charge < -0.3 is 25.2 Å². The minimum Gasteiger partial charge on any atom is -0.497 e. The Morgan fingerprint density at radius 3 is 2.45 bits per heavy atom. The number of rotatable bonds is 11. The fourth-order valence-corrected chi connectivity index (χ4v) is 6.76. The lowest BCUT2D eigenvalue weighted by Gasteiger charge is -2.38. The summed E-state index contributed by atoms with van der Waals surface area (Å²) in [4.78, 5) is 7.83. The van der Waals surface area contributed by atoms with Gasteiger partial charge in [-0.05, 0) is 131 Å². The monoisotopic (exact) mass is 633 g/mol. The Hall–Kier alpha value is -2.37. The number of alkyl halides is 3. The van der Waals surface area contributed by atoms with E-state index in [0.717, 1.165) is 78.3 Å². The standard InChI is InChI=1S/C29H35F3N2O3S.C5H11N/c1-37-24-7-11-26-21(17-24)3-10-27(33-26)28(36)12-4-20-13-15-34(18-22(20)19-35)14-2-16-38-25-8-5-23(6-9-25)29(30,31)32;1-2-4-6-5-3-1/h3,5-11,17,20,22,28,35-36H,2,4,12-16,18-19H2,1H3;6H,1-5H2/t20-,22-,28?;/m1./s1. The highest BCUT2D eigenvalue weighted by Crippen LogP contribution is 2.33. The lowest BCUT2D eigenvalue weighted by molar-refractivity contribution is -0.137. The minimum absolute atomic E-state index is 0.119. The van der Waals surface area contributed by atoms with Gasteiger partial charge in [-0.15, -0.1) is 11.8 Å². The largest absolute Gasteiger partial charge is 0.497 e. The summed E-state index contributed by atoms with van der Waals surface area (Å²) in [6, 6.07) is 14.8. The number of ether oxygens (including phenoxy) is 1. The quantitative estimate of drug-likeness (QED) is 0.156. The van der Waals surface area contributed by atoms with Gasteiger partial charge in [0.25, 0.3) is 0 Å². The normalized spacial score (nSPS) is 20.1. The number of likely N-dealkylation sites (tertiary alicyclic amines) is 1. The summed E-state index contributed by atoms with van der Waals surface area (Å²) in [5, 5.41) is 25.1. The maximum Gasteiger partial charge on any atom is 0.416 e. The van der Waals surface area contributed by atoms with Crippen LogP contribution >= 0.6 is 11.8 Å². The van der Waals surface area contributed by atoms with Crippen molar-refractivity contribution >= 4 is 22.7 Å². The summed E-state index contributed by atoms with van der Waals surface area (Å²) in [6.45, 7) is 5.27. The second-order valence-electron chi connectivity index (χ2n) is 11.7. The molecule has 2 aliphatic rings. The van der Waals surface area contributed by atoms with E-state index < -0.39 is 17.8 Å². The molecule has 10 heteroatoms. The zero-order chi connectivity index (χ0) is 31.4. The number of aliphatic hydroxyl groups excluding tert-OH is 2. The van der Waals surface area contributed by atoms with Crippen LogP contribution in [0.25, 0.3) is 10.9 Å². The van der Waals surface area contributed by atoms with Crippen molar-refractivity contribution in [2.45, 2.75) is 62.1 Å². The predicted octanol–water partition coefficient (Wildman–Crippen LogP) is 6.95. The third kappa shape index (κ3) is 10.6. The van der Waals surface area contributed by atoms with Gasteiger partial charge in [-0.25, -0.2) is 0 Å². The third-order valence-electron chi connectivity index (χ3n) is 8.56. The summed E-state index contributed by atoms with van der Waals surface area (Å²) in [6.07, 6.45) is 2.57. The summed E-state index contributed by atoms with van der Waals surface area (Å²) in [5.74, 6) is 2.10. The van der Waals surface area contributed by atoms with Crippen LogP contribution in [0.15, 0.2) is 59.5 Å². The number of aliphatic hydroxyl groups is 2. The van der Waals surface area contributed by atoms with E-state index in [1.54, 1.807) is 18.9 Å². The number of halogens is 3. The molecule has 0 radical (unpaired) electrons. The van der Waals surface area contributed by atoms with Crippen LogP contribution < -0.4 is 10.1 Å². The summed E-state index contributed by atoms with van der Waals surface area (Å²) in [7, 11) is 1.63. The number of nitrogens with zero attached hydrogens (tertiary/aromatic N) is 2. The first-order chi connectivity index (χ1) is 21.3. The first-order valence-electron chi connectivity index (χ1n) is 15.7. The third-order valence-corrected chi connectivity index (χ3v) is 9.65. The maximum atomic E-state index is 12.7. The van der Waals surface area contributed by atoms with E-state index in [4.69, 9.17) is 4.74 Å². The molecule has 0 spiro atoms. The van der Waals surface area contributed by atoms with Gasteiger partial charge in [0.05, 0.1) is 30.0 Å². The van der Waals surface area contributed by atoms with Crippen molar-refractivity contribution in [1.29, 1.82) is 0 Å². The number of hydrogen-bond donors (Lipinski definition) is 3. The molecule has 1 unspecified atom stereocenters. The Balaban J connectivity index is 0.000000657. The molecule has 242 valence electrons. The molecule has 2 aromatic carbocycles. The van der Waals surface area contributed by atoms with Gasteiger partial charge in [-0.1, -0.05) is 12.5 Å². The number of piperidine rings is 2. The first kappa shape index (κ1) is 34.5. The van der Waals surface area contributed by atoms with Gasteiger partial charge in [-0.2, -0.15) is 13.2 Å². The Kier molecular flexibility index (Phi) is 13.6. The van der Waals surface area contributed by atoms with Crippen LogP contribution in [0.1, 0.15) is 62.3 Å². The number of hydrogen-bond acceptors (Lipinski definition) is 7. The molecule has 2 saturated heterocycles. The van der Waals surface area contributed by atoms with E-state index in [2.05, 4.69) is 15.2 Å². The summed E-state index contributed by atoms with van der Waals surface area (Å²) >= 11 is 1.56. The number of methoxy groups -OCH3 is 1. The second kappa shape index (κ2) is 17.4. The number of thioether (sulfide) groups is 1. The second-order valence-corrected chi connectivity index (χ2v) is 12.9. The van der Waals surface area contributed by atoms with E-state index >= 15 is 0 Å². The Morgan fingerprint density at radius 1 is 1.05 bits per heavy atom. The molecule has 44 heavy (non-hydrogen) atoms. The van der Waals surface area contributed by atoms with Crippen LogP contribution in [-0.4, -0.2) is 72.3 Å². The molecule has 3 aromatic rings. The molecular formula is C34H46F3N3O3S. The predicted molar refractivity (Wildman–Crippen MR) is 171 cm³/mol. The molecule has 1 aromatic heterocycles. The number of nitrogens with one attached hydrogen (secondary N) is 1. The SMILES string of the molecule is C1CCNCC1.COc1ccc2nc(C(O)CC[C@@H]3CCN(CCCSc4ccc(C(F)(F)F)cc4)C[C@@H]3CO)ccc2c1. The van der Waals surface area contributed by atoms with Gasteiger partial charge in [0.1, 0.15) is 5.75 Å². The lowest BCUT2D eigenvalue weighted by atomic mass is 9.82. The van der Waals surface area contributed by atoms with E-state index in [-0.39, 0.29) is 12.5 Å². The summed E-state index contributed by atoms with van der Waals surface area (Å²) in [5.41, 5.74) is 0.855.